The van der Waals surface area contributed by atoms with Crippen LogP contribution in [0.1, 0.15) is 0 Å². The van der Waals surface area contributed by atoms with Crippen LogP contribution >= 0.6 is 23.2 Å². The van der Waals surface area contributed by atoms with Crippen LogP contribution in [0.3, 0.4) is 0 Å². The summed E-state index contributed by atoms with van der Waals surface area (Å²) in [4.78, 5) is 0. The van der Waals surface area contributed by atoms with E-state index >= 15 is 0 Å². The third kappa shape index (κ3) is 4.43. The monoisotopic (exact) mass is 466 g/mol. The first-order chi connectivity index (χ1) is 16.1. The van der Waals surface area contributed by atoms with Gasteiger partial charge in [-0.05, 0) is 75.8 Å². The minimum absolute atomic E-state index is 0.725. The van der Waals surface area contributed by atoms with E-state index in [4.69, 9.17) is 23.2 Å². The number of rotatable bonds is 4. The SMILES string of the molecule is C[n+]1ccccc1-c1c(-c2ccc(Cl)cc2)cc(-c2ccccc2)cc1-c1ccc(Cl)cc1. The lowest BCUT2D eigenvalue weighted by atomic mass is 9.86. The van der Waals surface area contributed by atoms with E-state index in [1.54, 1.807) is 0 Å². The maximum atomic E-state index is 6.23. The summed E-state index contributed by atoms with van der Waals surface area (Å²) in [5.74, 6) is 0. The maximum Gasteiger partial charge on any atom is 0.213 e. The molecule has 0 bridgehead atoms. The molecule has 0 aliphatic carbocycles. The molecule has 1 nitrogen and oxygen atoms in total. The van der Waals surface area contributed by atoms with Crippen LogP contribution < -0.4 is 4.57 Å². The highest BCUT2D eigenvalue weighted by Gasteiger charge is 2.22. The lowest BCUT2D eigenvalue weighted by Crippen LogP contribution is -2.30. The number of hydrogen-bond donors (Lipinski definition) is 0. The molecule has 0 fully saturated rings. The molecule has 3 heteroatoms. The summed E-state index contributed by atoms with van der Waals surface area (Å²) in [6.07, 6.45) is 2.08. The van der Waals surface area contributed by atoms with Gasteiger partial charge in [-0.1, -0.05) is 77.8 Å². The number of nitrogens with zero attached hydrogens (tertiary/aromatic N) is 1. The molecule has 160 valence electrons. The Morgan fingerprint density at radius 2 is 1.03 bits per heavy atom. The van der Waals surface area contributed by atoms with Crippen LogP contribution in [0, 0.1) is 0 Å². The van der Waals surface area contributed by atoms with Gasteiger partial charge >= 0.3 is 0 Å². The first-order valence-corrected chi connectivity index (χ1v) is 11.6. The molecule has 0 aliphatic rings. The van der Waals surface area contributed by atoms with Crippen molar-refractivity contribution < 1.29 is 4.57 Å². The second-order valence-corrected chi connectivity index (χ2v) is 8.90. The topological polar surface area (TPSA) is 3.88 Å². The fourth-order valence-corrected chi connectivity index (χ4v) is 4.46. The van der Waals surface area contributed by atoms with Crippen molar-refractivity contribution >= 4 is 23.2 Å². The predicted molar refractivity (Wildman–Crippen MR) is 139 cm³/mol. The predicted octanol–water partition coefficient (Wildman–Crippen LogP) is 8.49. The third-order valence-corrected chi connectivity index (χ3v) is 6.37. The zero-order chi connectivity index (χ0) is 22.8. The van der Waals surface area contributed by atoms with Gasteiger partial charge in [-0.3, -0.25) is 0 Å². The summed E-state index contributed by atoms with van der Waals surface area (Å²) in [7, 11) is 2.08. The summed E-state index contributed by atoms with van der Waals surface area (Å²) in [6, 6.07) is 37.5. The molecule has 33 heavy (non-hydrogen) atoms. The van der Waals surface area contributed by atoms with E-state index in [0.29, 0.717) is 0 Å². The minimum atomic E-state index is 0.725. The molecule has 0 saturated carbocycles. The van der Waals surface area contributed by atoms with E-state index in [2.05, 4.69) is 90.6 Å². The van der Waals surface area contributed by atoms with Gasteiger partial charge in [0.1, 0.15) is 7.05 Å². The molecule has 0 saturated heterocycles. The normalized spacial score (nSPS) is 10.9. The number of aromatic nitrogens is 1. The van der Waals surface area contributed by atoms with Crippen LogP contribution in [-0.2, 0) is 7.05 Å². The van der Waals surface area contributed by atoms with Gasteiger partial charge in [-0.2, -0.15) is 0 Å². The fraction of sp³-hybridized carbons (Fsp3) is 0.0333. The number of benzene rings is 4. The fourth-order valence-electron chi connectivity index (χ4n) is 4.21. The lowest BCUT2D eigenvalue weighted by Gasteiger charge is -2.17. The van der Waals surface area contributed by atoms with Gasteiger partial charge in [0.05, 0.1) is 5.56 Å². The van der Waals surface area contributed by atoms with Crippen LogP contribution in [0.15, 0.2) is 115 Å². The third-order valence-electron chi connectivity index (χ3n) is 5.87. The Labute approximate surface area is 204 Å². The highest BCUT2D eigenvalue weighted by atomic mass is 35.5. The van der Waals surface area contributed by atoms with Crippen molar-refractivity contribution in [1.82, 2.24) is 0 Å². The molecule has 5 aromatic rings. The van der Waals surface area contributed by atoms with Crippen molar-refractivity contribution in [2.75, 3.05) is 0 Å². The molecular weight excluding hydrogens is 445 g/mol. The Hall–Kier alpha value is -3.39. The van der Waals surface area contributed by atoms with Gasteiger partial charge in [0, 0.05) is 22.2 Å². The Morgan fingerprint density at radius 3 is 1.55 bits per heavy atom. The van der Waals surface area contributed by atoms with Crippen molar-refractivity contribution in [3.63, 3.8) is 0 Å². The van der Waals surface area contributed by atoms with Crippen molar-refractivity contribution in [2.24, 2.45) is 7.05 Å². The molecule has 0 N–H and O–H groups in total. The van der Waals surface area contributed by atoms with Crippen LogP contribution in [-0.4, -0.2) is 0 Å². The second kappa shape index (κ2) is 9.23. The van der Waals surface area contributed by atoms with Crippen LogP contribution in [0.5, 0.6) is 0 Å². The Morgan fingerprint density at radius 1 is 0.515 bits per heavy atom. The number of pyridine rings is 1. The van der Waals surface area contributed by atoms with E-state index in [1.807, 2.05) is 36.4 Å². The molecule has 1 aromatic heterocycles. The molecular formula is C30H22Cl2N+. The van der Waals surface area contributed by atoms with Crippen molar-refractivity contribution in [2.45, 2.75) is 0 Å². The molecule has 4 aromatic carbocycles. The average molecular weight is 467 g/mol. The van der Waals surface area contributed by atoms with E-state index in [1.165, 1.54) is 11.1 Å². The van der Waals surface area contributed by atoms with E-state index < -0.39 is 0 Å². The summed E-state index contributed by atoms with van der Waals surface area (Å²) in [5.41, 5.74) is 9.17. The number of halogens is 2. The average Bonchev–Trinajstić information content (AvgIpc) is 2.85. The Balaban J connectivity index is 1.89. The molecule has 0 spiro atoms. The molecule has 5 rings (SSSR count). The van der Waals surface area contributed by atoms with Gasteiger partial charge in [0.2, 0.25) is 5.69 Å². The van der Waals surface area contributed by atoms with Gasteiger partial charge < -0.3 is 0 Å². The van der Waals surface area contributed by atoms with Gasteiger partial charge in [0.25, 0.3) is 0 Å². The summed E-state index contributed by atoms with van der Waals surface area (Å²) >= 11 is 12.5. The smallest absolute Gasteiger partial charge is 0.201 e. The standard InChI is InChI=1S/C30H22Cl2N/c1-33-18-6-5-9-29(33)30-27(22-10-14-25(31)15-11-22)19-24(21-7-3-2-4-8-21)20-28(30)23-12-16-26(32)17-13-23/h2-20H,1H3/q+1. The van der Waals surface area contributed by atoms with E-state index in [9.17, 15) is 0 Å². The molecule has 0 amide bonds. The van der Waals surface area contributed by atoms with E-state index in [0.717, 1.165) is 43.6 Å². The minimum Gasteiger partial charge on any atom is -0.201 e. The number of aryl methyl sites for hydroxylation is 1. The van der Waals surface area contributed by atoms with Crippen molar-refractivity contribution in [3.05, 3.63) is 125 Å². The Kier molecular flexibility index (Phi) is 6.00. The summed E-state index contributed by atoms with van der Waals surface area (Å²) in [6.45, 7) is 0. The molecule has 0 unspecified atom stereocenters. The number of hydrogen-bond acceptors (Lipinski definition) is 0. The zero-order valence-electron chi connectivity index (χ0n) is 18.2. The highest BCUT2D eigenvalue weighted by molar-refractivity contribution is 6.31. The maximum absolute atomic E-state index is 6.23. The van der Waals surface area contributed by atoms with Gasteiger partial charge in [0.15, 0.2) is 6.20 Å². The second-order valence-electron chi connectivity index (χ2n) is 8.02. The zero-order valence-corrected chi connectivity index (χ0v) is 19.7. The lowest BCUT2D eigenvalue weighted by molar-refractivity contribution is -0.660. The first kappa shape index (κ1) is 21.5. The molecule has 0 atom stereocenters. The van der Waals surface area contributed by atoms with E-state index in [-0.39, 0.29) is 0 Å². The quantitative estimate of drug-likeness (QED) is 0.233. The van der Waals surface area contributed by atoms with Gasteiger partial charge in [-0.15, -0.1) is 0 Å². The van der Waals surface area contributed by atoms with Crippen LogP contribution in [0.4, 0.5) is 0 Å². The molecule has 0 radical (unpaired) electrons. The van der Waals surface area contributed by atoms with Crippen molar-refractivity contribution in [3.8, 4) is 44.6 Å². The van der Waals surface area contributed by atoms with Crippen molar-refractivity contribution in [1.29, 1.82) is 0 Å². The molecule has 1 heterocycles. The highest BCUT2D eigenvalue weighted by Crippen LogP contribution is 2.42. The summed E-state index contributed by atoms with van der Waals surface area (Å²) in [5, 5.41) is 1.45. The van der Waals surface area contributed by atoms with Crippen LogP contribution in [0.25, 0.3) is 44.6 Å². The molecule has 0 aliphatic heterocycles. The summed E-state index contributed by atoms with van der Waals surface area (Å²) < 4.78 is 2.16. The van der Waals surface area contributed by atoms with Crippen LogP contribution in [0.2, 0.25) is 10.0 Å². The first-order valence-electron chi connectivity index (χ1n) is 10.8. The largest absolute Gasteiger partial charge is 0.213 e. The Bertz CT molecular complexity index is 1340. The van der Waals surface area contributed by atoms with Gasteiger partial charge in [-0.25, -0.2) is 4.57 Å².